The second-order valence-corrected chi connectivity index (χ2v) is 7.96. The number of nitrogens with one attached hydrogen (secondary N) is 1. The number of hydrogen-bond acceptors (Lipinski definition) is 4. The molecule has 0 fully saturated rings. The smallest absolute Gasteiger partial charge is 0.323 e. The van der Waals surface area contributed by atoms with Crippen molar-refractivity contribution in [2.24, 2.45) is 5.73 Å². The van der Waals surface area contributed by atoms with Crippen molar-refractivity contribution in [1.29, 1.82) is 0 Å². The van der Waals surface area contributed by atoms with Gasteiger partial charge in [0.2, 0.25) is 0 Å². The van der Waals surface area contributed by atoms with Crippen LogP contribution < -0.4 is 11.1 Å². The number of carbonyl (C=O) groups excluding carboxylic acids is 1. The molecule has 0 saturated carbocycles. The van der Waals surface area contributed by atoms with Gasteiger partial charge in [-0.1, -0.05) is 42.0 Å². The third-order valence-corrected chi connectivity index (χ3v) is 4.08. The van der Waals surface area contributed by atoms with E-state index < -0.39 is 11.6 Å². The monoisotopic (exact) mass is 364 g/mol. The Morgan fingerprint density at radius 1 is 1.24 bits per heavy atom. The fourth-order valence-electron chi connectivity index (χ4n) is 2.31. The highest BCUT2D eigenvalue weighted by atomic mass is 32.1. The van der Waals surface area contributed by atoms with Crippen LogP contribution in [0.3, 0.4) is 0 Å². The molecule has 25 heavy (non-hydrogen) atoms. The van der Waals surface area contributed by atoms with Crippen molar-refractivity contribution in [3.8, 4) is 0 Å². The lowest BCUT2D eigenvalue weighted by atomic mass is 10.1. The third-order valence-electron chi connectivity index (χ3n) is 3.73. The van der Waals surface area contributed by atoms with Gasteiger partial charge in [0.15, 0.2) is 0 Å². The Morgan fingerprint density at radius 2 is 1.88 bits per heavy atom. The Hall–Kier alpha value is -1.46. The van der Waals surface area contributed by atoms with Gasteiger partial charge in [0.25, 0.3) is 0 Å². The van der Waals surface area contributed by atoms with Gasteiger partial charge in [0, 0.05) is 13.0 Å². The highest BCUT2D eigenvalue weighted by Crippen LogP contribution is 2.10. The molecular formula is C20H32N2O2S. The lowest BCUT2D eigenvalue weighted by molar-refractivity contribution is -0.156. The van der Waals surface area contributed by atoms with Crippen molar-refractivity contribution in [1.82, 2.24) is 5.32 Å². The van der Waals surface area contributed by atoms with Gasteiger partial charge in [-0.25, -0.2) is 0 Å². The van der Waals surface area contributed by atoms with E-state index in [1.54, 1.807) is 0 Å². The second kappa shape index (κ2) is 10.5. The van der Waals surface area contributed by atoms with Crippen LogP contribution in [0.4, 0.5) is 0 Å². The van der Waals surface area contributed by atoms with Gasteiger partial charge in [0.1, 0.15) is 11.6 Å². The average Bonchev–Trinajstić information content (AvgIpc) is 2.52. The highest BCUT2D eigenvalue weighted by molar-refractivity contribution is 7.80. The predicted molar refractivity (Wildman–Crippen MR) is 108 cm³/mol. The van der Waals surface area contributed by atoms with Crippen LogP contribution in [0.1, 0.15) is 57.6 Å². The van der Waals surface area contributed by atoms with Gasteiger partial charge in [-0.3, -0.25) is 4.79 Å². The zero-order chi connectivity index (χ0) is 18.9. The molecule has 0 saturated heterocycles. The highest BCUT2D eigenvalue weighted by Gasteiger charge is 2.21. The molecule has 0 heterocycles. The number of aryl methyl sites for hydroxylation is 2. The molecule has 0 bridgehead atoms. The van der Waals surface area contributed by atoms with Crippen LogP contribution >= 0.6 is 12.2 Å². The number of hydrogen-bond donors (Lipinski definition) is 2. The van der Waals surface area contributed by atoms with E-state index in [1.807, 2.05) is 20.8 Å². The minimum Gasteiger partial charge on any atom is -0.459 e. The van der Waals surface area contributed by atoms with Gasteiger partial charge in [-0.05, 0) is 58.9 Å². The maximum atomic E-state index is 11.8. The summed E-state index contributed by atoms with van der Waals surface area (Å²) in [6.07, 6.45) is 4.24. The molecule has 0 aliphatic rings. The summed E-state index contributed by atoms with van der Waals surface area (Å²) in [7, 11) is 0. The number of nitrogens with two attached hydrogens (primary N) is 1. The first-order chi connectivity index (χ1) is 11.7. The molecule has 1 aromatic rings. The summed E-state index contributed by atoms with van der Waals surface area (Å²) >= 11 is 5.37. The molecule has 0 spiro atoms. The lowest BCUT2D eigenvalue weighted by Crippen LogP contribution is -2.37. The zero-order valence-electron chi connectivity index (χ0n) is 15.9. The number of esters is 1. The fraction of sp³-hybridized carbons (Fsp3) is 0.600. The molecule has 0 aliphatic carbocycles. The summed E-state index contributed by atoms with van der Waals surface area (Å²) in [6.45, 7) is 8.44. The van der Waals surface area contributed by atoms with Crippen LogP contribution in [-0.4, -0.2) is 29.1 Å². The number of thiocarbonyl (C=S) groups is 1. The van der Waals surface area contributed by atoms with E-state index >= 15 is 0 Å². The molecule has 1 rings (SSSR count). The maximum Gasteiger partial charge on any atom is 0.323 e. The van der Waals surface area contributed by atoms with Crippen LogP contribution in [-0.2, 0) is 16.0 Å². The van der Waals surface area contributed by atoms with Crippen molar-refractivity contribution < 1.29 is 9.53 Å². The number of unbranched alkanes of at least 4 members (excludes halogenated alkanes) is 1. The second-order valence-electron chi connectivity index (χ2n) is 7.47. The fourth-order valence-corrected chi connectivity index (χ4v) is 2.52. The summed E-state index contributed by atoms with van der Waals surface area (Å²) in [5.41, 5.74) is 7.96. The summed E-state index contributed by atoms with van der Waals surface area (Å²) in [5, 5.41) is 3.28. The molecule has 5 heteroatoms. The van der Waals surface area contributed by atoms with E-state index in [-0.39, 0.29) is 5.97 Å². The molecule has 0 aromatic heterocycles. The van der Waals surface area contributed by atoms with Crippen LogP contribution in [0.2, 0.25) is 0 Å². The van der Waals surface area contributed by atoms with E-state index in [1.165, 1.54) is 11.1 Å². The van der Waals surface area contributed by atoms with Crippen LogP contribution in [0.5, 0.6) is 0 Å². The standard InChI is InChI=1S/C20H32N2O2S/c1-15-8-10-16(11-9-15)12-13-18(25)22-14-6-5-7-17(21)19(23)24-20(2,3)4/h8-11,17H,5-7,12-14,21H2,1-4H3,(H,22,25). The van der Waals surface area contributed by atoms with Crippen molar-refractivity contribution in [3.63, 3.8) is 0 Å². The Balaban J connectivity index is 2.11. The van der Waals surface area contributed by atoms with E-state index in [9.17, 15) is 4.79 Å². The molecule has 0 aliphatic heterocycles. The topological polar surface area (TPSA) is 64.3 Å². The van der Waals surface area contributed by atoms with E-state index in [4.69, 9.17) is 22.7 Å². The molecular weight excluding hydrogens is 332 g/mol. The molecule has 1 atom stereocenters. The van der Waals surface area contributed by atoms with Crippen LogP contribution in [0.15, 0.2) is 24.3 Å². The van der Waals surface area contributed by atoms with Gasteiger partial charge in [0.05, 0.1) is 4.99 Å². The third kappa shape index (κ3) is 10.2. The number of benzene rings is 1. The summed E-state index contributed by atoms with van der Waals surface area (Å²) in [4.78, 5) is 12.7. The Kier molecular flexibility index (Phi) is 9.08. The number of ether oxygens (including phenoxy) is 1. The van der Waals surface area contributed by atoms with Gasteiger partial charge in [-0.2, -0.15) is 0 Å². The Labute approximate surface area is 157 Å². The van der Waals surface area contributed by atoms with Gasteiger partial charge < -0.3 is 15.8 Å². The summed E-state index contributed by atoms with van der Waals surface area (Å²) in [6, 6.07) is 8.00. The van der Waals surface area contributed by atoms with E-state index in [0.717, 1.165) is 37.2 Å². The molecule has 0 radical (unpaired) electrons. The molecule has 3 N–H and O–H groups in total. The first-order valence-corrected chi connectivity index (χ1v) is 9.39. The minimum absolute atomic E-state index is 0.325. The lowest BCUT2D eigenvalue weighted by Gasteiger charge is -2.22. The Morgan fingerprint density at radius 3 is 2.48 bits per heavy atom. The normalized spacial score (nSPS) is 12.5. The number of rotatable bonds is 9. The molecule has 140 valence electrons. The van der Waals surface area contributed by atoms with Crippen molar-refractivity contribution in [2.45, 2.75) is 71.4 Å². The van der Waals surface area contributed by atoms with E-state index in [2.05, 4.69) is 36.5 Å². The molecule has 0 amide bonds. The van der Waals surface area contributed by atoms with Crippen molar-refractivity contribution in [3.05, 3.63) is 35.4 Å². The first-order valence-electron chi connectivity index (χ1n) is 8.98. The van der Waals surface area contributed by atoms with Gasteiger partial charge >= 0.3 is 5.97 Å². The van der Waals surface area contributed by atoms with E-state index in [0.29, 0.717) is 6.42 Å². The molecule has 1 aromatic carbocycles. The average molecular weight is 365 g/mol. The van der Waals surface area contributed by atoms with Gasteiger partial charge in [-0.15, -0.1) is 0 Å². The van der Waals surface area contributed by atoms with Crippen molar-refractivity contribution >= 4 is 23.2 Å². The first kappa shape index (κ1) is 21.6. The summed E-state index contributed by atoms with van der Waals surface area (Å²) < 4.78 is 5.28. The predicted octanol–water partition coefficient (Wildman–Crippen LogP) is 3.68. The molecule has 1 unspecified atom stereocenters. The van der Waals surface area contributed by atoms with Crippen molar-refractivity contribution in [2.75, 3.05) is 6.54 Å². The quantitative estimate of drug-likeness (QED) is 0.397. The number of carbonyl (C=O) groups is 1. The Bertz CT molecular complexity index is 550. The minimum atomic E-state index is -0.548. The van der Waals surface area contributed by atoms with Crippen LogP contribution in [0.25, 0.3) is 0 Å². The maximum absolute atomic E-state index is 11.8. The van der Waals surface area contributed by atoms with Crippen LogP contribution in [0, 0.1) is 6.92 Å². The molecule has 4 nitrogen and oxygen atoms in total. The summed E-state index contributed by atoms with van der Waals surface area (Å²) in [5.74, 6) is -0.325. The SMILES string of the molecule is Cc1ccc(CCC(=S)NCCCCC(N)C(=O)OC(C)(C)C)cc1. The largest absolute Gasteiger partial charge is 0.459 e. The zero-order valence-corrected chi connectivity index (χ0v) is 16.7.